The molecule has 6 nitrogen and oxygen atoms in total. The molecule has 4 aromatic rings. The number of benzene rings is 3. The van der Waals surface area contributed by atoms with E-state index in [1.807, 2.05) is 66.7 Å². The number of amides is 1. The van der Waals surface area contributed by atoms with Crippen LogP contribution in [0.2, 0.25) is 0 Å². The van der Waals surface area contributed by atoms with Crippen molar-refractivity contribution in [3.05, 3.63) is 90.4 Å². The van der Waals surface area contributed by atoms with E-state index in [2.05, 4.69) is 15.3 Å². The monoisotopic (exact) mass is 385 g/mol. The average molecular weight is 385 g/mol. The van der Waals surface area contributed by atoms with Gasteiger partial charge in [0.2, 0.25) is 5.88 Å². The fraction of sp³-hybridized carbons (Fsp3) is 0.0870. The Labute approximate surface area is 168 Å². The molecule has 0 aliphatic rings. The lowest BCUT2D eigenvalue weighted by molar-refractivity contribution is 0.102. The quantitative estimate of drug-likeness (QED) is 0.515. The molecule has 0 atom stereocenters. The molecule has 3 aromatic carbocycles. The summed E-state index contributed by atoms with van der Waals surface area (Å²) < 4.78 is 10.9. The van der Waals surface area contributed by atoms with Crippen LogP contribution in [0.4, 0.5) is 5.69 Å². The van der Waals surface area contributed by atoms with E-state index in [9.17, 15) is 4.79 Å². The third-order valence-electron chi connectivity index (χ3n) is 4.30. The maximum absolute atomic E-state index is 12.7. The van der Waals surface area contributed by atoms with E-state index in [-0.39, 0.29) is 5.91 Å². The number of hydrogen-bond donors (Lipinski definition) is 1. The van der Waals surface area contributed by atoms with E-state index in [0.29, 0.717) is 29.6 Å². The molecule has 1 amide bonds. The highest BCUT2D eigenvalue weighted by Crippen LogP contribution is 2.27. The predicted octanol–water partition coefficient (Wildman–Crippen LogP) is 4.82. The molecule has 0 unspecified atom stereocenters. The Morgan fingerprint density at radius 3 is 2.69 bits per heavy atom. The van der Waals surface area contributed by atoms with Crippen molar-refractivity contribution in [3.8, 4) is 11.6 Å². The summed E-state index contributed by atoms with van der Waals surface area (Å²) in [4.78, 5) is 21.2. The number of nitrogens with one attached hydrogen (secondary N) is 1. The van der Waals surface area contributed by atoms with Crippen molar-refractivity contribution in [3.63, 3.8) is 0 Å². The summed E-state index contributed by atoms with van der Waals surface area (Å²) in [6.07, 6.45) is 1.63. The third-order valence-corrected chi connectivity index (χ3v) is 4.30. The molecule has 4 rings (SSSR count). The van der Waals surface area contributed by atoms with E-state index >= 15 is 0 Å². The zero-order valence-corrected chi connectivity index (χ0v) is 15.8. The molecule has 0 fully saturated rings. The molecule has 0 aliphatic carbocycles. The van der Waals surface area contributed by atoms with Gasteiger partial charge in [-0.2, -0.15) is 4.98 Å². The van der Waals surface area contributed by atoms with Crippen LogP contribution in [-0.2, 0) is 11.3 Å². The van der Waals surface area contributed by atoms with Crippen molar-refractivity contribution in [1.29, 1.82) is 0 Å². The molecule has 1 N–H and O–H groups in total. The number of carbonyl (C=O) groups excluding carboxylic acids is 1. The van der Waals surface area contributed by atoms with Gasteiger partial charge in [-0.25, -0.2) is 4.98 Å². The molecule has 144 valence electrons. The Morgan fingerprint density at radius 2 is 1.86 bits per heavy atom. The lowest BCUT2D eigenvalue weighted by Crippen LogP contribution is -2.12. The van der Waals surface area contributed by atoms with Gasteiger partial charge in [0.1, 0.15) is 12.4 Å². The fourth-order valence-electron chi connectivity index (χ4n) is 3.00. The Kier molecular flexibility index (Phi) is 5.45. The number of nitrogens with zero attached hydrogens (tertiary/aromatic N) is 2. The van der Waals surface area contributed by atoms with Crippen molar-refractivity contribution in [2.75, 3.05) is 12.4 Å². The molecule has 0 saturated heterocycles. The molecule has 6 heteroatoms. The van der Waals surface area contributed by atoms with Crippen molar-refractivity contribution in [2.24, 2.45) is 0 Å². The van der Waals surface area contributed by atoms with Gasteiger partial charge in [0.25, 0.3) is 5.91 Å². The number of aromatic nitrogens is 2. The Bertz CT molecular complexity index is 1150. The van der Waals surface area contributed by atoms with Crippen LogP contribution in [-0.4, -0.2) is 23.0 Å². The summed E-state index contributed by atoms with van der Waals surface area (Å²) in [7, 11) is 1.59. The molecule has 0 radical (unpaired) electrons. The van der Waals surface area contributed by atoms with Crippen LogP contribution < -0.4 is 10.1 Å². The van der Waals surface area contributed by atoms with Crippen LogP contribution >= 0.6 is 0 Å². The Balaban J connectivity index is 1.59. The van der Waals surface area contributed by atoms with Gasteiger partial charge in [0.15, 0.2) is 5.82 Å². The van der Waals surface area contributed by atoms with Crippen molar-refractivity contribution in [1.82, 2.24) is 9.97 Å². The van der Waals surface area contributed by atoms with Gasteiger partial charge in [-0.1, -0.05) is 30.3 Å². The fourth-order valence-corrected chi connectivity index (χ4v) is 3.00. The van der Waals surface area contributed by atoms with E-state index in [1.165, 1.54) is 0 Å². The van der Waals surface area contributed by atoms with Crippen LogP contribution in [0.5, 0.6) is 11.6 Å². The van der Waals surface area contributed by atoms with E-state index < -0.39 is 0 Å². The van der Waals surface area contributed by atoms with Crippen LogP contribution in [0.25, 0.3) is 10.8 Å². The summed E-state index contributed by atoms with van der Waals surface area (Å²) in [5.74, 6) is 1.45. The first-order valence-corrected chi connectivity index (χ1v) is 9.11. The second-order valence-electron chi connectivity index (χ2n) is 6.35. The first kappa shape index (κ1) is 18.6. The van der Waals surface area contributed by atoms with Gasteiger partial charge < -0.3 is 14.8 Å². The SMILES string of the molecule is COCc1nccc(Oc2ccc3c(C(=O)Nc4ccccc4)cccc3c2)n1. The van der Waals surface area contributed by atoms with E-state index in [1.54, 1.807) is 19.4 Å². The maximum atomic E-state index is 12.7. The zero-order valence-electron chi connectivity index (χ0n) is 15.8. The summed E-state index contributed by atoms with van der Waals surface area (Å²) >= 11 is 0. The summed E-state index contributed by atoms with van der Waals surface area (Å²) in [5.41, 5.74) is 1.35. The van der Waals surface area contributed by atoms with Gasteiger partial charge in [-0.3, -0.25) is 4.79 Å². The highest BCUT2D eigenvalue weighted by molar-refractivity contribution is 6.13. The van der Waals surface area contributed by atoms with Gasteiger partial charge in [-0.15, -0.1) is 0 Å². The summed E-state index contributed by atoms with van der Waals surface area (Å²) in [6.45, 7) is 0.314. The molecule has 0 spiro atoms. The first-order chi connectivity index (χ1) is 14.2. The summed E-state index contributed by atoms with van der Waals surface area (Å²) in [5, 5.41) is 4.67. The van der Waals surface area contributed by atoms with Crippen LogP contribution in [0, 0.1) is 0 Å². The van der Waals surface area contributed by atoms with Crippen molar-refractivity contribution in [2.45, 2.75) is 6.61 Å². The minimum absolute atomic E-state index is 0.157. The smallest absolute Gasteiger partial charge is 0.256 e. The number of carbonyl (C=O) groups is 1. The average Bonchev–Trinajstić information content (AvgIpc) is 2.74. The van der Waals surface area contributed by atoms with Crippen LogP contribution in [0.1, 0.15) is 16.2 Å². The van der Waals surface area contributed by atoms with E-state index in [0.717, 1.165) is 16.5 Å². The number of fused-ring (bicyclic) bond motifs is 1. The topological polar surface area (TPSA) is 73.3 Å². The van der Waals surface area contributed by atoms with Gasteiger partial charge in [0, 0.05) is 30.6 Å². The highest BCUT2D eigenvalue weighted by Gasteiger charge is 2.11. The molecule has 0 bridgehead atoms. The van der Waals surface area contributed by atoms with Gasteiger partial charge in [-0.05, 0) is 47.2 Å². The molecule has 1 aromatic heterocycles. The Hall–Kier alpha value is -3.77. The zero-order chi connectivity index (χ0) is 20.1. The first-order valence-electron chi connectivity index (χ1n) is 9.11. The molecular formula is C23H19N3O3. The number of ether oxygens (including phenoxy) is 2. The highest BCUT2D eigenvalue weighted by atomic mass is 16.5. The predicted molar refractivity (Wildman–Crippen MR) is 111 cm³/mol. The van der Waals surface area contributed by atoms with Crippen LogP contribution in [0.3, 0.4) is 0 Å². The minimum atomic E-state index is -0.157. The van der Waals surface area contributed by atoms with Crippen LogP contribution in [0.15, 0.2) is 79.0 Å². The summed E-state index contributed by atoms with van der Waals surface area (Å²) in [6, 6.07) is 22.3. The third kappa shape index (κ3) is 4.39. The standard InChI is InChI=1S/C23H19N3O3/c1-28-15-21-24-13-12-22(26-21)29-18-10-11-19-16(14-18)6-5-9-20(19)23(27)25-17-7-3-2-4-8-17/h2-14H,15H2,1H3,(H,25,27). The molecule has 1 heterocycles. The lowest BCUT2D eigenvalue weighted by Gasteiger charge is -2.10. The molecule has 0 aliphatic heterocycles. The second-order valence-corrected chi connectivity index (χ2v) is 6.35. The normalized spacial score (nSPS) is 10.7. The number of anilines is 1. The largest absolute Gasteiger partial charge is 0.439 e. The maximum Gasteiger partial charge on any atom is 0.256 e. The lowest BCUT2D eigenvalue weighted by atomic mass is 10.0. The molecule has 29 heavy (non-hydrogen) atoms. The van der Waals surface area contributed by atoms with Gasteiger partial charge in [0.05, 0.1) is 0 Å². The molecule has 0 saturated carbocycles. The minimum Gasteiger partial charge on any atom is -0.439 e. The number of hydrogen-bond acceptors (Lipinski definition) is 5. The number of rotatable bonds is 6. The van der Waals surface area contributed by atoms with Crippen molar-refractivity contribution < 1.29 is 14.3 Å². The van der Waals surface area contributed by atoms with Crippen molar-refractivity contribution >= 4 is 22.4 Å². The molecular weight excluding hydrogens is 366 g/mol. The Morgan fingerprint density at radius 1 is 1.00 bits per heavy atom. The van der Waals surface area contributed by atoms with Gasteiger partial charge >= 0.3 is 0 Å². The second kappa shape index (κ2) is 8.50. The van der Waals surface area contributed by atoms with E-state index in [4.69, 9.17) is 9.47 Å². The number of para-hydroxylation sites is 1. The number of methoxy groups -OCH3 is 1.